The number of aromatic hydroxyl groups is 3. The molecule has 0 radical (unpaired) electrons. The Balaban J connectivity index is 0.000000124. The third kappa shape index (κ3) is 6.05. The van der Waals surface area contributed by atoms with E-state index in [0.29, 0.717) is 15.4 Å². The van der Waals surface area contributed by atoms with Crippen LogP contribution in [0.5, 0.6) is 17.2 Å². The van der Waals surface area contributed by atoms with Gasteiger partial charge in [-0.15, -0.1) is 0 Å². The maximum atomic E-state index is 9.34. The Morgan fingerprint density at radius 3 is 1.91 bits per heavy atom. The molecule has 0 saturated heterocycles. The molecule has 0 atom stereocenters. The van der Waals surface area contributed by atoms with Crippen molar-refractivity contribution >= 4 is 125 Å². The van der Waals surface area contributed by atoms with Crippen molar-refractivity contribution in [2.75, 3.05) is 17.2 Å². The standard InChI is InChI=1S/2C7H5IN2OS.C7H6N2OS/c8-3-1-6-4(2-5(3)11)10-7(9)12-6;8-5-3(11)1-2-4-6(5)10-7(9)12-4;8-7-9-5-3-4(10)1-2-6(5)11-7/h2*1-2,11H,(H2,9,10);1-3,10H,(H2,8,9). The molecule has 35 heavy (non-hydrogen) atoms. The third-order valence-electron chi connectivity index (χ3n) is 4.36. The number of nitrogen functional groups attached to an aromatic ring is 3. The lowest BCUT2D eigenvalue weighted by Crippen LogP contribution is -1.81. The van der Waals surface area contributed by atoms with Crippen LogP contribution in [-0.4, -0.2) is 30.3 Å². The molecule has 0 fully saturated rings. The third-order valence-corrected chi connectivity index (χ3v) is 8.85. The van der Waals surface area contributed by atoms with Crippen LogP contribution < -0.4 is 17.2 Å². The summed E-state index contributed by atoms with van der Waals surface area (Å²) in [6.07, 6.45) is 0. The molecule has 14 heteroatoms. The van der Waals surface area contributed by atoms with Crippen molar-refractivity contribution in [1.29, 1.82) is 0 Å². The molecular weight excluding hydrogens is 734 g/mol. The Morgan fingerprint density at radius 2 is 1.20 bits per heavy atom. The van der Waals surface area contributed by atoms with E-state index in [-0.39, 0.29) is 17.2 Å². The van der Waals surface area contributed by atoms with Gasteiger partial charge in [-0.1, -0.05) is 34.0 Å². The second-order valence-corrected chi connectivity index (χ2v) is 12.3. The maximum absolute atomic E-state index is 9.34. The van der Waals surface area contributed by atoms with Crippen molar-refractivity contribution in [3.05, 3.63) is 49.6 Å². The summed E-state index contributed by atoms with van der Waals surface area (Å²) >= 11 is 8.39. The minimum atomic E-state index is 0.225. The Bertz CT molecular complexity index is 1630. The van der Waals surface area contributed by atoms with Crippen LogP contribution in [0.25, 0.3) is 30.6 Å². The van der Waals surface area contributed by atoms with E-state index in [1.165, 1.54) is 34.0 Å². The van der Waals surface area contributed by atoms with Gasteiger partial charge in [0, 0.05) is 12.1 Å². The van der Waals surface area contributed by atoms with E-state index >= 15 is 0 Å². The van der Waals surface area contributed by atoms with Crippen LogP contribution in [0, 0.1) is 7.14 Å². The van der Waals surface area contributed by atoms with Crippen LogP contribution in [0.1, 0.15) is 0 Å². The molecule has 3 aromatic heterocycles. The summed E-state index contributed by atoms with van der Waals surface area (Å²) in [6.45, 7) is 0. The average molecular weight is 750 g/mol. The maximum Gasteiger partial charge on any atom is 0.181 e. The van der Waals surface area contributed by atoms with Crippen LogP contribution in [0.3, 0.4) is 0 Å². The quantitative estimate of drug-likeness (QED) is 0.102. The Morgan fingerprint density at radius 1 is 0.629 bits per heavy atom. The van der Waals surface area contributed by atoms with Gasteiger partial charge in [0.2, 0.25) is 0 Å². The first-order valence-corrected chi connectivity index (χ1v) is 14.1. The average Bonchev–Trinajstić information content (AvgIpc) is 3.46. The summed E-state index contributed by atoms with van der Waals surface area (Å²) < 4.78 is 4.60. The fourth-order valence-electron chi connectivity index (χ4n) is 2.86. The zero-order valence-electron chi connectivity index (χ0n) is 17.4. The van der Waals surface area contributed by atoms with E-state index in [1.807, 2.05) is 12.1 Å². The predicted octanol–water partition coefficient (Wildman–Crippen LogP) is 5.96. The number of hydrogen-bond acceptors (Lipinski definition) is 12. The molecule has 3 aromatic carbocycles. The molecule has 6 rings (SSSR count). The molecule has 9 N–H and O–H groups in total. The van der Waals surface area contributed by atoms with Gasteiger partial charge in [-0.2, -0.15) is 0 Å². The Labute approximate surface area is 237 Å². The SMILES string of the molecule is Nc1nc2c(I)c(O)ccc2s1.Nc1nc2cc(O)c(I)cc2s1.Nc1nc2cc(O)ccc2s1. The van der Waals surface area contributed by atoms with Crippen molar-refractivity contribution in [2.24, 2.45) is 0 Å². The molecule has 180 valence electrons. The summed E-state index contributed by atoms with van der Waals surface area (Å²) in [5.41, 5.74) is 18.8. The zero-order valence-corrected chi connectivity index (χ0v) is 24.2. The van der Waals surface area contributed by atoms with Crippen LogP contribution >= 0.6 is 79.2 Å². The molecule has 0 aliphatic rings. The minimum Gasteiger partial charge on any atom is -0.508 e. The second-order valence-electron chi connectivity index (χ2n) is 6.83. The number of phenols is 3. The first-order valence-electron chi connectivity index (χ1n) is 9.53. The Hall–Kier alpha value is -2.41. The first-order chi connectivity index (χ1) is 16.6. The number of aromatic nitrogens is 3. The highest BCUT2D eigenvalue weighted by molar-refractivity contribution is 14.1. The second kappa shape index (κ2) is 10.7. The van der Waals surface area contributed by atoms with Crippen molar-refractivity contribution in [3.63, 3.8) is 0 Å². The summed E-state index contributed by atoms with van der Waals surface area (Å²) in [6, 6.07) is 12.0. The smallest absolute Gasteiger partial charge is 0.181 e. The minimum absolute atomic E-state index is 0.225. The molecule has 0 spiro atoms. The number of benzene rings is 3. The largest absolute Gasteiger partial charge is 0.508 e. The van der Waals surface area contributed by atoms with Gasteiger partial charge in [-0.3, -0.25) is 0 Å². The number of nitrogens with zero attached hydrogens (tertiary/aromatic N) is 3. The number of fused-ring (bicyclic) bond motifs is 3. The van der Waals surface area contributed by atoms with E-state index in [4.69, 9.17) is 22.3 Å². The van der Waals surface area contributed by atoms with Crippen LogP contribution in [0.4, 0.5) is 15.4 Å². The highest BCUT2D eigenvalue weighted by atomic mass is 127. The van der Waals surface area contributed by atoms with Crippen molar-refractivity contribution < 1.29 is 15.3 Å². The summed E-state index contributed by atoms with van der Waals surface area (Å²) in [5.74, 6) is 0.740. The van der Waals surface area contributed by atoms with Gasteiger partial charge in [0.1, 0.15) is 22.8 Å². The van der Waals surface area contributed by atoms with Crippen LogP contribution in [-0.2, 0) is 0 Å². The lowest BCUT2D eigenvalue weighted by Gasteiger charge is -1.94. The molecule has 0 aliphatic carbocycles. The number of anilines is 3. The predicted molar refractivity (Wildman–Crippen MR) is 163 cm³/mol. The van der Waals surface area contributed by atoms with E-state index < -0.39 is 0 Å². The van der Waals surface area contributed by atoms with Gasteiger partial charge >= 0.3 is 0 Å². The van der Waals surface area contributed by atoms with Crippen molar-refractivity contribution in [3.8, 4) is 17.2 Å². The normalized spacial score (nSPS) is 10.7. The Kier molecular flexibility index (Phi) is 7.84. The molecule has 0 unspecified atom stereocenters. The monoisotopic (exact) mass is 750 g/mol. The van der Waals surface area contributed by atoms with Gasteiger partial charge in [0.25, 0.3) is 0 Å². The zero-order chi connectivity index (χ0) is 25.3. The van der Waals surface area contributed by atoms with E-state index in [2.05, 4.69) is 60.1 Å². The van der Waals surface area contributed by atoms with Gasteiger partial charge in [0.05, 0.1) is 32.3 Å². The van der Waals surface area contributed by atoms with Gasteiger partial charge in [-0.05, 0) is 75.5 Å². The lowest BCUT2D eigenvalue weighted by atomic mass is 10.3. The highest BCUT2D eigenvalue weighted by Crippen LogP contribution is 2.33. The molecule has 0 aliphatic heterocycles. The number of nitrogens with two attached hydrogens (primary N) is 3. The van der Waals surface area contributed by atoms with Gasteiger partial charge in [0.15, 0.2) is 15.4 Å². The highest BCUT2D eigenvalue weighted by Gasteiger charge is 2.08. The molecule has 3 heterocycles. The topological polar surface area (TPSA) is 177 Å². The summed E-state index contributed by atoms with van der Waals surface area (Å²) in [5, 5.41) is 29.4. The van der Waals surface area contributed by atoms with E-state index in [1.54, 1.807) is 30.3 Å². The molecular formula is C21H16I2N6O3S3. The summed E-state index contributed by atoms with van der Waals surface area (Å²) in [7, 11) is 0. The van der Waals surface area contributed by atoms with E-state index in [0.717, 1.165) is 37.8 Å². The molecule has 0 saturated carbocycles. The fourth-order valence-corrected chi connectivity index (χ4v) is 6.52. The summed E-state index contributed by atoms with van der Waals surface area (Å²) in [4.78, 5) is 12.2. The first kappa shape index (κ1) is 25.7. The number of thiazole rings is 3. The molecule has 0 bridgehead atoms. The lowest BCUT2D eigenvalue weighted by molar-refractivity contribution is 0.472. The number of phenolic OH excluding ortho intramolecular Hbond substituents is 3. The van der Waals surface area contributed by atoms with Gasteiger partial charge in [-0.25, -0.2) is 15.0 Å². The fraction of sp³-hybridized carbons (Fsp3) is 0. The van der Waals surface area contributed by atoms with Gasteiger partial charge < -0.3 is 32.5 Å². The van der Waals surface area contributed by atoms with Crippen LogP contribution in [0.15, 0.2) is 42.5 Å². The number of hydrogen-bond donors (Lipinski definition) is 6. The van der Waals surface area contributed by atoms with Crippen molar-refractivity contribution in [1.82, 2.24) is 15.0 Å². The molecule has 0 amide bonds. The number of rotatable bonds is 0. The van der Waals surface area contributed by atoms with E-state index in [9.17, 15) is 10.2 Å². The van der Waals surface area contributed by atoms with Crippen molar-refractivity contribution in [2.45, 2.75) is 0 Å². The van der Waals surface area contributed by atoms with Crippen LogP contribution in [0.2, 0.25) is 0 Å². The molecule has 9 nitrogen and oxygen atoms in total. The number of halogens is 2. The molecule has 6 aromatic rings.